The molecule has 5 heteroatoms. The number of carbonyl (C=O) groups is 1. The molecule has 0 aliphatic carbocycles. The van der Waals surface area contributed by atoms with E-state index in [-0.39, 0.29) is 12.5 Å². The fraction of sp³-hybridized carbons (Fsp3) is 0.750. The van der Waals surface area contributed by atoms with Crippen molar-refractivity contribution in [1.82, 2.24) is 0 Å². The Kier molecular flexibility index (Phi) is 4.36. The normalized spacial score (nSPS) is 13.0. The molecule has 54 valence electrons. The molecule has 0 saturated carbocycles. The first-order valence-electron chi connectivity index (χ1n) is 2.39. The van der Waals surface area contributed by atoms with E-state index in [0.29, 0.717) is 0 Å². The highest BCUT2D eigenvalue weighted by Crippen LogP contribution is 2.18. The Hall–Kier alpha value is -0.340. The second-order valence-electron chi connectivity index (χ2n) is 1.54. The molecule has 0 aliphatic heterocycles. The van der Waals surface area contributed by atoms with Gasteiger partial charge in [0.05, 0.1) is 12.5 Å². The van der Waals surface area contributed by atoms with Gasteiger partial charge in [0.15, 0.2) is 0 Å². The van der Waals surface area contributed by atoms with E-state index in [1.165, 1.54) is 7.11 Å². The molecule has 0 fully saturated rings. The van der Waals surface area contributed by atoms with Crippen LogP contribution in [0.4, 0.5) is 0 Å². The fourth-order valence-corrected chi connectivity index (χ4v) is 1.14. The second-order valence-corrected chi connectivity index (χ2v) is 3.26. The molecule has 0 heterocycles. The number of ether oxygens (including phenoxy) is 1. The first-order chi connectivity index (χ1) is 4.16. The van der Waals surface area contributed by atoms with Crippen LogP contribution in [0.5, 0.6) is 0 Å². The first-order valence-corrected chi connectivity index (χ1v) is 4.21. The molecule has 0 saturated heterocycles. The van der Waals surface area contributed by atoms with E-state index in [0.717, 1.165) is 0 Å². The smallest absolute Gasteiger partial charge is 0.310 e. The van der Waals surface area contributed by atoms with Crippen molar-refractivity contribution < 1.29 is 19.2 Å². The summed E-state index contributed by atoms with van der Waals surface area (Å²) in [7, 11) is -0.619. The number of hydrogen-bond acceptors (Lipinski definition) is 3. The molecule has 1 atom stereocenters. The second kappa shape index (κ2) is 4.53. The molecule has 0 rings (SSSR count). The van der Waals surface area contributed by atoms with E-state index in [1.807, 2.05) is 0 Å². The van der Waals surface area contributed by atoms with Crippen LogP contribution < -0.4 is 0 Å². The van der Waals surface area contributed by atoms with Crippen LogP contribution in [-0.4, -0.2) is 30.7 Å². The third-order valence-corrected chi connectivity index (χ3v) is 1.96. The summed E-state index contributed by atoms with van der Waals surface area (Å²) in [6.07, 6.45) is -0.199. The quantitative estimate of drug-likeness (QED) is 0.586. The van der Waals surface area contributed by atoms with Gasteiger partial charge in [-0.25, -0.2) is 0 Å². The SMILES string of the molecule is COC[PH](=O)CC(=O)O. The molecule has 1 unspecified atom stereocenters. The van der Waals surface area contributed by atoms with Gasteiger partial charge in [-0.2, -0.15) is 0 Å². The highest BCUT2D eigenvalue weighted by atomic mass is 31.1. The Morgan fingerprint density at radius 1 is 1.78 bits per heavy atom. The van der Waals surface area contributed by atoms with E-state index >= 15 is 0 Å². The van der Waals surface area contributed by atoms with Gasteiger partial charge in [-0.3, -0.25) is 4.79 Å². The minimum atomic E-state index is -2.01. The Balaban J connectivity index is 3.39. The summed E-state index contributed by atoms with van der Waals surface area (Å²) in [6, 6.07) is 0. The molecule has 0 radical (unpaired) electrons. The minimum Gasteiger partial charge on any atom is -0.481 e. The summed E-state index contributed by atoms with van der Waals surface area (Å²) in [6.45, 7) is 0. The third-order valence-electron chi connectivity index (χ3n) is 0.654. The molecule has 1 N–H and O–H groups in total. The Bertz CT molecular complexity index is 122. The summed E-state index contributed by atoms with van der Waals surface area (Å²) in [4.78, 5) is 9.85. The van der Waals surface area contributed by atoms with Crippen LogP contribution in [0.25, 0.3) is 0 Å². The van der Waals surface area contributed by atoms with Crippen LogP contribution in [0, 0.1) is 0 Å². The van der Waals surface area contributed by atoms with Crippen LogP contribution in [0.1, 0.15) is 0 Å². The van der Waals surface area contributed by atoms with Crippen molar-refractivity contribution in [3.63, 3.8) is 0 Å². The topological polar surface area (TPSA) is 63.6 Å². The maximum Gasteiger partial charge on any atom is 0.310 e. The van der Waals surface area contributed by atoms with Crippen molar-refractivity contribution in [2.75, 3.05) is 19.6 Å². The third kappa shape index (κ3) is 5.53. The Morgan fingerprint density at radius 3 is 2.67 bits per heavy atom. The number of rotatable bonds is 4. The maximum atomic E-state index is 10.5. The zero-order valence-electron chi connectivity index (χ0n) is 5.09. The zero-order valence-corrected chi connectivity index (χ0v) is 6.09. The van der Waals surface area contributed by atoms with Gasteiger partial charge in [-0.15, -0.1) is 0 Å². The van der Waals surface area contributed by atoms with E-state index in [9.17, 15) is 9.36 Å². The van der Waals surface area contributed by atoms with Gasteiger partial charge in [0.2, 0.25) is 0 Å². The molecule has 0 aromatic carbocycles. The summed E-state index contributed by atoms with van der Waals surface area (Å²) >= 11 is 0. The monoisotopic (exact) mass is 152 g/mol. The molecule has 0 bridgehead atoms. The van der Waals surface area contributed by atoms with Crippen LogP contribution in [0.3, 0.4) is 0 Å². The highest BCUT2D eigenvalue weighted by Gasteiger charge is 2.03. The molecule has 0 spiro atoms. The van der Waals surface area contributed by atoms with Crippen LogP contribution in [0.2, 0.25) is 0 Å². The lowest BCUT2D eigenvalue weighted by molar-refractivity contribution is -0.134. The predicted molar refractivity (Wildman–Crippen MR) is 33.4 cm³/mol. The molecule has 0 aliphatic rings. The summed E-state index contributed by atoms with van der Waals surface area (Å²) in [5, 5.41) is 8.08. The minimum absolute atomic E-state index is 0.0664. The van der Waals surface area contributed by atoms with Crippen molar-refractivity contribution in [3.8, 4) is 0 Å². The number of carboxylic acid groups (broad SMARTS) is 1. The van der Waals surface area contributed by atoms with Gasteiger partial charge in [-0.1, -0.05) is 0 Å². The lowest BCUT2D eigenvalue weighted by Gasteiger charge is -1.93. The van der Waals surface area contributed by atoms with Crippen LogP contribution >= 0.6 is 7.80 Å². The van der Waals surface area contributed by atoms with Gasteiger partial charge in [0.1, 0.15) is 7.80 Å². The predicted octanol–water partition coefficient (Wildman–Crippen LogP) is 0.235. The van der Waals surface area contributed by atoms with Gasteiger partial charge < -0.3 is 14.4 Å². The largest absolute Gasteiger partial charge is 0.481 e. The molecule has 4 nitrogen and oxygen atoms in total. The van der Waals surface area contributed by atoms with Gasteiger partial charge in [0.25, 0.3) is 0 Å². The van der Waals surface area contributed by atoms with Crippen molar-refractivity contribution in [2.24, 2.45) is 0 Å². The van der Waals surface area contributed by atoms with Crippen molar-refractivity contribution in [2.45, 2.75) is 0 Å². The molecule has 9 heavy (non-hydrogen) atoms. The highest BCUT2D eigenvalue weighted by molar-refractivity contribution is 7.45. The van der Waals surface area contributed by atoms with Crippen molar-refractivity contribution >= 4 is 13.8 Å². The molecular weight excluding hydrogens is 143 g/mol. The fourth-order valence-electron chi connectivity index (χ4n) is 0.381. The molecule has 0 aromatic heterocycles. The van der Waals surface area contributed by atoms with Gasteiger partial charge in [-0.05, 0) is 0 Å². The first kappa shape index (κ1) is 8.66. The molecule has 0 aromatic rings. The molecular formula is C4H9O4P. The van der Waals surface area contributed by atoms with Gasteiger partial charge >= 0.3 is 5.97 Å². The van der Waals surface area contributed by atoms with Crippen molar-refractivity contribution in [1.29, 1.82) is 0 Å². The van der Waals surface area contributed by atoms with Crippen molar-refractivity contribution in [3.05, 3.63) is 0 Å². The number of hydrogen-bond donors (Lipinski definition) is 1. The van der Waals surface area contributed by atoms with E-state index in [1.54, 1.807) is 0 Å². The lowest BCUT2D eigenvalue weighted by atomic mass is 10.8. The van der Waals surface area contributed by atoms with E-state index in [4.69, 9.17) is 5.11 Å². The summed E-state index contributed by atoms with van der Waals surface area (Å²) < 4.78 is 15.0. The maximum absolute atomic E-state index is 10.5. The Morgan fingerprint density at radius 2 is 2.33 bits per heavy atom. The Labute approximate surface area is 53.6 Å². The average Bonchev–Trinajstić information content (AvgIpc) is 1.63. The summed E-state index contributed by atoms with van der Waals surface area (Å²) in [5.74, 6) is -1.03. The summed E-state index contributed by atoms with van der Waals surface area (Å²) in [5.41, 5.74) is 0. The standard InChI is InChI=1S/C4H9O4P/c1-8-3-9(7)2-4(5)6/h9H,2-3H2,1H3,(H,5,6). The van der Waals surface area contributed by atoms with Crippen LogP contribution in [-0.2, 0) is 14.1 Å². The van der Waals surface area contributed by atoms with E-state index in [2.05, 4.69) is 4.74 Å². The van der Waals surface area contributed by atoms with Crippen LogP contribution in [0.15, 0.2) is 0 Å². The average molecular weight is 152 g/mol. The molecule has 0 amide bonds. The lowest BCUT2D eigenvalue weighted by Crippen LogP contribution is -1.99. The number of aliphatic carboxylic acids is 1. The van der Waals surface area contributed by atoms with Gasteiger partial charge in [0, 0.05) is 7.11 Å². The van der Waals surface area contributed by atoms with E-state index < -0.39 is 13.8 Å². The number of carboxylic acids is 1. The number of methoxy groups -OCH3 is 1. The zero-order chi connectivity index (χ0) is 7.28.